The number of hydrogen-bond donors (Lipinski definition) is 4. The number of nitrogens with two attached hydrogens (primary N) is 1. The fraction of sp³-hybridized carbons (Fsp3) is 0.250. The maximum atomic E-state index is 6.45. The molecule has 6 rings (SSSR count). The summed E-state index contributed by atoms with van der Waals surface area (Å²) in [6.07, 6.45) is 5.92. The van der Waals surface area contributed by atoms with Gasteiger partial charge in [-0.05, 0) is 54.1 Å². The third-order valence-corrected chi connectivity index (χ3v) is 7.48. The van der Waals surface area contributed by atoms with Crippen molar-refractivity contribution in [3.8, 4) is 33.6 Å². The molecule has 0 amide bonds. The van der Waals surface area contributed by atoms with E-state index in [2.05, 4.69) is 73.8 Å². The fourth-order valence-corrected chi connectivity index (χ4v) is 5.04. The van der Waals surface area contributed by atoms with Gasteiger partial charge in [-0.15, -0.1) is 0 Å². The molecule has 0 radical (unpaired) electrons. The number of aromatic nitrogens is 4. The monoisotopic (exact) mass is 518 g/mol. The molecule has 5 aromatic rings. The Labute approximate surface area is 228 Å². The number of nitrogens with zero attached hydrogens (tertiary/aromatic N) is 2. The lowest BCUT2D eigenvalue weighted by molar-refractivity contribution is 0.0341. The standard InChI is InChI=1S/C32H34N6O/c1-21(39-20-22-6-3-2-4-7-22)30(33)32-36-19-29(38-32)26-15-11-24(12-16-26)23-9-13-25(14-10-23)28-18-35-31(37-28)27-8-5-17-34-27/h2-4,6-7,9-16,18-19,21,27,30,34H,5,8,17,20,33H2,1H3,(H,35,37)(H,36,38)/t21-,27+,30+/m1/s1. The molecule has 3 aromatic carbocycles. The number of H-pyrrole nitrogens is 2. The fourth-order valence-electron chi connectivity index (χ4n) is 5.04. The van der Waals surface area contributed by atoms with Crippen LogP contribution in [0, 0.1) is 0 Å². The van der Waals surface area contributed by atoms with Crippen LogP contribution in [-0.2, 0) is 11.3 Å². The van der Waals surface area contributed by atoms with Crippen LogP contribution in [0.25, 0.3) is 33.6 Å². The van der Waals surface area contributed by atoms with Gasteiger partial charge in [-0.3, -0.25) is 0 Å². The molecule has 1 fully saturated rings. The van der Waals surface area contributed by atoms with E-state index in [1.54, 1.807) is 0 Å². The zero-order valence-electron chi connectivity index (χ0n) is 22.1. The maximum Gasteiger partial charge on any atom is 0.126 e. The van der Waals surface area contributed by atoms with E-state index in [0.717, 1.165) is 58.3 Å². The summed E-state index contributed by atoms with van der Waals surface area (Å²) in [4.78, 5) is 16.0. The van der Waals surface area contributed by atoms with Crippen molar-refractivity contribution in [1.29, 1.82) is 0 Å². The van der Waals surface area contributed by atoms with E-state index in [1.165, 1.54) is 12.0 Å². The first-order chi connectivity index (χ1) is 19.1. The molecular weight excluding hydrogens is 484 g/mol. The van der Waals surface area contributed by atoms with Crippen molar-refractivity contribution in [2.24, 2.45) is 5.73 Å². The number of benzene rings is 3. The van der Waals surface area contributed by atoms with E-state index in [1.807, 2.05) is 49.6 Å². The molecule has 3 atom stereocenters. The molecule has 0 spiro atoms. The van der Waals surface area contributed by atoms with E-state index >= 15 is 0 Å². The lowest BCUT2D eigenvalue weighted by atomic mass is 10.0. The van der Waals surface area contributed by atoms with Gasteiger partial charge in [-0.2, -0.15) is 0 Å². The van der Waals surface area contributed by atoms with Crippen LogP contribution < -0.4 is 11.1 Å². The molecule has 0 aliphatic carbocycles. The Morgan fingerprint density at radius 3 is 2.08 bits per heavy atom. The predicted octanol–water partition coefficient (Wildman–Crippen LogP) is 6.16. The summed E-state index contributed by atoms with van der Waals surface area (Å²) in [5, 5.41) is 3.50. The topological polar surface area (TPSA) is 105 Å². The predicted molar refractivity (Wildman–Crippen MR) is 155 cm³/mol. The third kappa shape index (κ3) is 5.71. The van der Waals surface area contributed by atoms with E-state index < -0.39 is 0 Å². The van der Waals surface area contributed by atoms with Gasteiger partial charge in [0.1, 0.15) is 11.6 Å². The molecular formula is C32H34N6O. The van der Waals surface area contributed by atoms with Gasteiger partial charge in [-0.1, -0.05) is 78.9 Å². The molecule has 2 aromatic heterocycles. The number of ether oxygens (including phenoxy) is 1. The van der Waals surface area contributed by atoms with Crippen molar-refractivity contribution >= 4 is 0 Å². The van der Waals surface area contributed by atoms with Gasteiger partial charge in [0, 0.05) is 0 Å². The first-order valence-electron chi connectivity index (χ1n) is 13.6. The van der Waals surface area contributed by atoms with E-state index in [4.69, 9.17) is 10.5 Å². The zero-order chi connectivity index (χ0) is 26.6. The smallest absolute Gasteiger partial charge is 0.126 e. The Morgan fingerprint density at radius 1 is 0.821 bits per heavy atom. The van der Waals surface area contributed by atoms with Gasteiger partial charge in [0.2, 0.25) is 0 Å². The number of imidazole rings is 2. The minimum absolute atomic E-state index is 0.178. The Hall–Kier alpha value is -4.04. The number of aromatic amines is 2. The van der Waals surface area contributed by atoms with Crippen molar-refractivity contribution in [2.45, 2.75) is 44.6 Å². The molecule has 1 saturated heterocycles. The van der Waals surface area contributed by atoms with Crippen molar-refractivity contribution < 1.29 is 4.74 Å². The Kier molecular flexibility index (Phi) is 7.36. The number of rotatable bonds is 9. The average Bonchev–Trinajstić information content (AvgIpc) is 3.78. The van der Waals surface area contributed by atoms with Gasteiger partial charge in [0.15, 0.2) is 0 Å². The van der Waals surface area contributed by atoms with Crippen molar-refractivity contribution in [1.82, 2.24) is 25.3 Å². The second kappa shape index (κ2) is 11.4. The van der Waals surface area contributed by atoms with Crippen LogP contribution in [0.15, 0.2) is 91.3 Å². The largest absolute Gasteiger partial charge is 0.372 e. The Morgan fingerprint density at radius 2 is 1.44 bits per heavy atom. The minimum atomic E-state index is -0.347. The normalized spacial score (nSPS) is 16.8. The van der Waals surface area contributed by atoms with Crippen molar-refractivity contribution in [3.05, 3.63) is 108 Å². The van der Waals surface area contributed by atoms with Crippen LogP contribution in [0.2, 0.25) is 0 Å². The third-order valence-electron chi connectivity index (χ3n) is 7.48. The molecule has 5 N–H and O–H groups in total. The minimum Gasteiger partial charge on any atom is -0.372 e. The number of nitrogens with one attached hydrogen (secondary N) is 3. The number of hydrogen-bond acceptors (Lipinski definition) is 5. The SMILES string of the molecule is C[C@@H](OCc1ccccc1)[C@H](N)c1ncc(-c2ccc(-c3ccc(-c4cnc([C@@H]5CCCN5)[nH]4)cc3)cc2)[nH]1. The summed E-state index contributed by atoms with van der Waals surface area (Å²) in [6.45, 7) is 3.56. The van der Waals surface area contributed by atoms with Gasteiger partial charge in [-0.25, -0.2) is 9.97 Å². The highest BCUT2D eigenvalue weighted by Gasteiger charge is 2.20. The lowest BCUT2D eigenvalue weighted by Gasteiger charge is -2.18. The molecule has 1 aliphatic rings. The molecule has 1 aliphatic heterocycles. The maximum absolute atomic E-state index is 6.45. The van der Waals surface area contributed by atoms with Crippen LogP contribution in [-0.4, -0.2) is 32.6 Å². The lowest BCUT2D eigenvalue weighted by Crippen LogP contribution is -2.27. The average molecular weight is 519 g/mol. The molecule has 0 saturated carbocycles. The molecule has 0 unspecified atom stereocenters. The van der Waals surface area contributed by atoms with Crippen molar-refractivity contribution in [2.75, 3.05) is 6.54 Å². The summed E-state index contributed by atoms with van der Waals surface area (Å²) < 4.78 is 5.99. The van der Waals surface area contributed by atoms with E-state index in [0.29, 0.717) is 12.6 Å². The van der Waals surface area contributed by atoms with Crippen LogP contribution in [0.1, 0.15) is 49.1 Å². The molecule has 39 heavy (non-hydrogen) atoms. The van der Waals surface area contributed by atoms with E-state index in [9.17, 15) is 0 Å². The highest BCUT2D eigenvalue weighted by molar-refractivity contribution is 5.71. The van der Waals surface area contributed by atoms with Gasteiger partial charge in [0.25, 0.3) is 0 Å². The molecule has 3 heterocycles. The van der Waals surface area contributed by atoms with Crippen LogP contribution in [0.4, 0.5) is 0 Å². The Balaban J connectivity index is 1.09. The quantitative estimate of drug-likeness (QED) is 0.187. The Bertz CT molecular complexity index is 1480. The van der Waals surface area contributed by atoms with E-state index in [-0.39, 0.29) is 12.1 Å². The summed E-state index contributed by atoms with van der Waals surface area (Å²) in [5.41, 5.74) is 14.1. The highest BCUT2D eigenvalue weighted by Crippen LogP contribution is 2.28. The van der Waals surface area contributed by atoms with Crippen LogP contribution in [0.3, 0.4) is 0 Å². The van der Waals surface area contributed by atoms with Gasteiger partial charge >= 0.3 is 0 Å². The molecule has 7 nitrogen and oxygen atoms in total. The molecule has 0 bridgehead atoms. The van der Waals surface area contributed by atoms with Gasteiger partial charge < -0.3 is 25.8 Å². The highest BCUT2D eigenvalue weighted by atomic mass is 16.5. The summed E-state index contributed by atoms with van der Waals surface area (Å²) in [7, 11) is 0. The second-order valence-corrected chi connectivity index (χ2v) is 10.2. The first kappa shape index (κ1) is 25.2. The second-order valence-electron chi connectivity index (χ2n) is 10.2. The van der Waals surface area contributed by atoms with Crippen LogP contribution >= 0.6 is 0 Å². The zero-order valence-corrected chi connectivity index (χ0v) is 22.1. The molecule has 198 valence electrons. The van der Waals surface area contributed by atoms with Gasteiger partial charge in [0.05, 0.1) is 48.6 Å². The van der Waals surface area contributed by atoms with Crippen LogP contribution in [0.5, 0.6) is 0 Å². The summed E-state index contributed by atoms with van der Waals surface area (Å²) >= 11 is 0. The summed E-state index contributed by atoms with van der Waals surface area (Å²) in [5.74, 6) is 1.75. The summed E-state index contributed by atoms with van der Waals surface area (Å²) in [6, 6.07) is 27.2. The van der Waals surface area contributed by atoms with Crippen molar-refractivity contribution in [3.63, 3.8) is 0 Å². The first-order valence-corrected chi connectivity index (χ1v) is 13.6. The molecule has 7 heteroatoms.